The first kappa shape index (κ1) is 8.78. The van der Waals surface area contributed by atoms with E-state index in [9.17, 15) is 0 Å². The molecule has 0 atom stereocenters. The highest BCUT2D eigenvalue weighted by molar-refractivity contribution is 9.10. The Kier molecular flexibility index (Phi) is 2.38. The fourth-order valence-corrected chi connectivity index (χ4v) is 1.83. The van der Waals surface area contributed by atoms with E-state index in [1.807, 2.05) is 18.2 Å². The summed E-state index contributed by atoms with van der Waals surface area (Å²) >= 11 is 3.44. The van der Waals surface area contributed by atoms with Crippen molar-refractivity contribution in [3.05, 3.63) is 33.8 Å². The van der Waals surface area contributed by atoms with Crippen LogP contribution in [0.15, 0.2) is 28.2 Å². The molecule has 0 spiro atoms. The minimum atomic E-state index is 0.561. The van der Waals surface area contributed by atoms with Crippen LogP contribution in [-0.4, -0.2) is 13.2 Å². The lowest BCUT2D eigenvalue weighted by Crippen LogP contribution is -2.14. The van der Waals surface area contributed by atoms with E-state index in [0.717, 1.165) is 21.4 Å². The summed E-state index contributed by atoms with van der Waals surface area (Å²) in [7, 11) is 0. The molecule has 0 amide bonds. The van der Waals surface area contributed by atoms with Gasteiger partial charge in [0.1, 0.15) is 12.4 Å². The lowest BCUT2D eigenvalue weighted by atomic mass is 10.1. The Morgan fingerprint density at radius 2 is 2.31 bits per heavy atom. The number of rotatable bonds is 1. The zero-order valence-electron chi connectivity index (χ0n) is 7.09. The zero-order chi connectivity index (χ0) is 9.26. The zero-order valence-corrected chi connectivity index (χ0v) is 8.67. The van der Waals surface area contributed by atoms with Gasteiger partial charge in [-0.05, 0) is 33.6 Å². The molecular weight excluding hydrogens is 230 g/mol. The first-order chi connectivity index (χ1) is 6.31. The van der Waals surface area contributed by atoms with Crippen LogP contribution in [0.5, 0.6) is 5.75 Å². The molecule has 0 aromatic heterocycles. The molecule has 1 aliphatic heterocycles. The maximum atomic E-state index is 5.56. The number of benzene rings is 1. The molecule has 0 saturated carbocycles. The molecule has 1 heterocycles. The molecule has 0 fully saturated rings. The summed E-state index contributed by atoms with van der Waals surface area (Å²) in [6.45, 7) is 1.16. The van der Waals surface area contributed by atoms with Crippen molar-refractivity contribution in [1.82, 2.24) is 0 Å². The van der Waals surface area contributed by atoms with Gasteiger partial charge in [0.15, 0.2) is 0 Å². The summed E-state index contributed by atoms with van der Waals surface area (Å²) in [5.74, 6) is 0.916. The molecule has 3 heteroatoms. The molecule has 0 aliphatic carbocycles. The van der Waals surface area contributed by atoms with Gasteiger partial charge in [-0.15, -0.1) is 0 Å². The minimum Gasteiger partial charge on any atom is -0.487 e. The molecule has 1 aromatic rings. The number of para-hydroxylation sites is 1. The largest absolute Gasteiger partial charge is 0.487 e. The fraction of sp³-hybridized carbons (Fsp3) is 0.200. The van der Waals surface area contributed by atoms with Crippen molar-refractivity contribution >= 4 is 22.0 Å². The average molecular weight is 240 g/mol. The topological polar surface area (TPSA) is 35.2 Å². The van der Waals surface area contributed by atoms with Crippen LogP contribution in [-0.2, 0) is 0 Å². The molecule has 2 rings (SSSR count). The maximum Gasteiger partial charge on any atom is 0.141 e. The van der Waals surface area contributed by atoms with Crippen molar-refractivity contribution in [3.63, 3.8) is 0 Å². The van der Waals surface area contributed by atoms with Crippen LogP contribution in [0.25, 0.3) is 6.08 Å². The Morgan fingerprint density at radius 1 is 1.46 bits per heavy atom. The lowest BCUT2D eigenvalue weighted by molar-refractivity contribution is 0.343. The number of ether oxygens (including phenoxy) is 1. The lowest BCUT2D eigenvalue weighted by Gasteiger charge is -2.17. The molecule has 68 valence electrons. The average Bonchev–Trinajstić information content (AvgIpc) is 2.18. The van der Waals surface area contributed by atoms with Gasteiger partial charge in [0.2, 0.25) is 0 Å². The molecule has 1 aliphatic rings. The third kappa shape index (κ3) is 1.62. The fourth-order valence-electron chi connectivity index (χ4n) is 1.34. The molecule has 0 radical (unpaired) electrons. The summed E-state index contributed by atoms with van der Waals surface area (Å²) < 4.78 is 6.56. The molecule has 1 aromatic carbocycles. The summed E-state index contributed by atoms with van der Waals surface area (Å²) in [5.41, 5.74) is 7.77. The van der Waals surface area contributed by atoms with Crippen LogP contribution in [0.1, 0.15) is 5.56 Å². The Hall–Kier alpha value is -0.800. The van der Waals surface area contributed by atoms with Crippen LogP contribution in [0.3, 0.4) is 0 Å². The molecule has 0 unspecified atom stereocenters. The highest BCUT2D eigenvalue weighted by atomic mass is 79.9. The highest BCUT2D eigenvalue weighted by Crippen LogP contribution is 2.33. The van der Waals surface area contributed by atoms with E-state index in [4.69, 9.17) is 10.5 Å². The van der Waals surface area contributed by atoms with Crippen molar-refractivity contribution in [2.24, 2.45) is 5.73 Å². The molecule has 0 bridgehead atoms. The van der Waals surface area contributed by atoms with Crippen molar-refractivity contribution in [3.8, 4) is 5.75 Å². The molecule has 2 nitrogen and oxygen atoms in total. The Balaban J connectivity index is 2.47. The van der Waals surface area contributed by atoms with Gasteiger partial charge in [0.05, 0.1) is 4.47 Å². The number of halogens is 1. The van der Waals surface area contributed by atoms with Crippen LogP contribution < -0.4 is 10.5 Å². The Morgan fingerprint density at radius 3 is 3.08 bits per heavy atom. The van der Waals surface area contributed by atoms with Crippen molar-refractivity contribution in [1.29, 1.82) is 0 Å². The van der Waals surface area contributed by atoms with Gasteiger partial charge in [-0.2, -0.15) is 0 Å². The SMILES string of the molecule is NCC1=Cc2cccc(Br)c2OC1. The highest BCUT2D eigenvalue weighted by Gasteiger charge is 2.12. The first-order valence-electron chi connectivity index (χ1n) is 4.12. The second kappa shape index (κ2) is 3.52. The van der Waals surface area contributed by atoms with Gasteiger partial charge in [0, 0.05) is 12.1 Å². The molecular formula is C10H10BrNO. The summed E-state index contributed by atoms with van der Waals surface area (Å²) in [6.07, 6.45) is 2.09. The number of fused-ring (bicyclic) bond motifs is 1. The van der Waals surface area contributed by atoms with E-state index >= 15 is 0 Å². The van der Waals surface area contributed by atoms with Gasteiger partial charge < -0.3 is 10.5 Å². The second-order valence-corrected chi connectivity index (χ2v) is 3.81. The monoisotopic (exact) mass is 239 g/mol. The Bertz CT molecular complexity index is 360. The summed E-state index contributed by atoms with van der Waals surface area (Å²) in [4.78, 5) is 0. The van der Waals surface area contributed by atoms with Crippen molar-refractivity contribution < 1.29 is 4.74 Å². The van der Waals surface area contributed by atoms with Crippen LogP contribution >= 0.6 is 15.9 Å². The number of nitrogens with two attached hydrogens (primary N) is 1. The number of hydrogen-bond donors (Lipinski definition) is 1. The van der Waals surface area contributed by atoms with Crippen molar-refractivity contribution in [2.75, 3.05) is 13.2 Å². The van der Waals surface area contributed by atoms with Crippen LogP contribution in [0.2, 0.25) is 0 Å². The third-order valence-corrected chi connectivity index (χ3v) is 2.65. The Labute approximate surface area is 85.5 Å². The van der Waals surface area contributed by atoms with Crippen LogP contribution in [0.4, 0.5) is 0 Å². The number of hydrogen-bond acceptors (Lipinski definition) is 2. The maximum absolute atomic E-state index is 5.56. The van der Waals surface area contributed by atoms with Gasteiger partial charge in [0.25, 0.3) is 0 Å². The summed E-state index contributed by atoms with van der Waals surface area (Å²) in [6, 6.07) is 5.98. The van der Waals surface area contributed by atoms with Crippen molar-refractivity contribution in [2.45, 2.75) is 0 Å². The van der Waals surface area contributed by atoms with E-state index < -0.39 is 0 Å². The second-order valence-electron chi connectivity index (χ2n) is 2.95. The predicted octanol–water partition coefficient (Wildman–Crippen LogP) is 2.18. The quantitative estimate of drug-likeness (QED) is 0.816. The van der Waals surface area contributed by atoms with E-state index in [2.05, 4.69) is 22.0 Å². The van der Waals surface area contributed by atoms with Crippen LogP contribution in [0, 0.1) is 0 Å². The third-order valence-electron chi connectivity index (χ3n) is 2.02. The molecule has 0 saturated heterocycles. The van der Waals surface area contributed by atoms with Gasteiger partial charge in [-0.3, -0.25) is 0 Å². The molecule has 13 heavy (non-hydrogen) atoms. The van der Waals surface area contributed by atoms with E-state index in [1.54, 1.807) is 0 Å². The van der Waals surface area contributed by atoms with Gasteiger partial charge in [-0.25, -0.2) is 0 Å². The van der Waals surface area contributed by atoms with Gasteiger partial charge >= 0.3 is 0 Å². The first-order valence-corrected chi connectivity index (χ1v) is 4.91. The van der Waals surface area contributed by atoms with E-state index in [0.29, 0.717) is 13.2 Å². The molecule has 2 N–H and O–H groups in total. The smallest absolute Gasteiger partial charge is 0.141 e. The summed E-state index contributed by atoms with van der Waals surface area (Å²) in [5, 5.41) is 0. The predicted molar refractivity (Wildman–Crippen MR) is 56.7 cm³/mol. The normalized spacial score (nSPS) is 14.5. The van der Waals surface area contributed by atoms with E-state index in [1.165, 1.54) is 0 Å². The standard InChI is InChI=1S/C10H10BrNO/c11-9-3-1-2-8-4-7(5-12)6-13-10(8)9/h1-4H,5-6,12H2. The van der Waals surface area contributed by atoms with Gasteiger partial charge in [-0.1, -0.05) is 12.1 Å². The minimum absolute atomic E-state index is 0.561. The van der Waals surface area contributed by atoms with E-state index in [-0.39, 0.29) is 0 Å².